The number of aliphatic hydroxyl groups is 1. The average molecular weight is 265 g/mol. The molecule has 19 heavy (non-hydrogen) atoms. The number of benzene rings is 1. The third kappa shape index (κ3) is 3.26. The van der Waals surface area contributed by atoms with Crippen molar-refractivity contribution in [3.8, 4) is 5.75 Å². The lowest BCUT2D eigenvalue weighted by molar-refractivity contribution is -0.0277. The summed E-state index contributed by atoms with van der Waals surface area (Å²) in [6, 6.07) is 7.38. The number of ether oxygens (including phenoxy) is 1. The minimum atomic E-state index is -0.773. The van der Waals surface area contributed by atoms with Crippen LogP contribution in [-0.2, 0) is 4.74 Å². The van der Waals surface area contributed by atoms with Crippen molar-refractivity contribution in [3.63, 3.8) is 0 Å². The van der Waals surface area contributed by atoms with Gasteiger partial charge < -0.3 is 20.3 Å². The molecule has 0 aromatic heterocycles. The lowest BCUT2D eigenvalue weighted by atomic mass is 9.95. The van der Waals surface area contributed by atoms with Gasteiger partial charge in [-0.2, -0.15) is 0 Å². The van der Waals surface area contributed by atoms with Crippen LogP contribution in [0.4, 0.5) is 0 Å². The average Bonchev–Trinajstić information content (AvgIpc) is 2.73. The van der Waals surface area contributed by atoms with Gasteiger partial charge >= 0.3 is 0 Å². The molecule has 0 amide bonds. The Morgan fingerprint density at radius 3 is 2.63 bits per heavy atom. The first-order valence-corrected chi connectivity index (χ1v) is 6.91. The summed E-state index contributed by atoms with van der Waals surface area (Å²) in [4.78, 5) is 0. The predicted octanol–water partition coefficient (Wildman–Crippen LogP) is 1.97. The molecule has 4 heteroatoms. The van der Waals surface area contributed by atoms with Gasteiger partial charge in [-0.3, -0.25) is 0 Å². The number of rotatable bonds is 5. The van der Waals surface area contributed by atoms with E-state index in [-0.39, 0.29) is 17.9 Å². The van der Waals surface area contributed by atoms with E-state index in [1.165, 1.54) is 0 Å². The second-order valence-corrected chi connectivity index (χ2v) is 5.30. The molecular weight excluding hydrogens is 242 g/mol. The predicted molar refractivity (Wildman–Crippen MR) is 74.1 cm³/mol. The Morgan fingerprint density at radius 1 is 1.42 bits per heavy atom. The number of hydrogen-bond acceptors (Lipinski definition) is 4. The van der Waals surface area contributed by atoms with Crippen molar-refractivity contribution in [2.24, 2.45) is 0 Å². The van der Waals surface area contributed by atoms with Gasteiger partial charge in [0.15, 0.2) is 0 Å². The number of nitrogens with one attached hydrogen (secondary N) is 1. The van der Waals surface area contributed by atoms with E-state index in [0.29, 0.717) is 19.6 Å². The summed E-state index contributed by atoms with van der Waals surface area (Å²) in [5, 5.41) is 23.2. The molecule has 3 unspecified atom stereocenters. The lowest BCUT2D eigenvalue weighted by Crippen LogP contribution is -2.46. The van der Waals surface area contributed by atoms with Gasteiger partial charge in [0.05, 0.1) is 6.10 Å². The molecule has 0 radical (unpaired) electrons. The standard InChI is InChI=1S/C15H23NO3/c1-3-14(12-4-6-13(17)7-5-12)16-10-15(18)8-9-19-11(15)2/h4-7,11,14,16-18H,3,8-10H2,1-2H3. The smallest absolute Gasteiger partial charge is 0.115 e. The first-order chi connectivity index (χ1) is 9.05. The van der Waals surface area contributed by atoms with Crippen LogP contribution in [0.5, 0.6) is 5.75 Å². The summed E-state index contributed by atoms with van der Waals surface area (Å²) in [5.74, 6) is 0.273. The van der Waals surface area contributed by atoms with Gasteiger partial charge in [0, 0.05) is 25.6 Å². The Labute approximate surface area is 114 Å². The van der Waals surface area contributed by atoms with E-state index in [4.69, 9.17) is 4.74 Å². The fourth-order valence-corrected chi connectivity index (χ4v) is 2.51. The molecule has 1 aromatic rings. The SMILES string of the molecule is CCC(NCC1(O)CCOC1C)c1ccc(O)cc1. The van der Waals surface area contributed by atoms with Crippen molar-refractivity contribution in [1.29, 1.82) is 0 Å². The molecule has 1 heterocycles. The number of aromatic hydroxyl groups is 1. The van der Waals surface area contributed by atoms with Crippen LogP contribution in [0.2, 0.25) is 0 Å². The number of phenols is 1. The largest absolute Gasteiger partial charge is 0.508 e. The van der Waals surface area contributed by atoms with E-state index < -0.39 is 5.60 Å². The maximum atomic E-state index is 10.5. The molecule has 1 aliphatic rings. The molecule has 106 valence electrons. The third-order valence-electron chi connectivity index (χ3n) is 4.02. The topological polar surface area (TPSA) is 61.7 Å². The summed E-state index contributed by atoms with van der Waals surface area (Å²) in [5.41, 5.74) is 0.347. The maximum Gasteiger partial charge on any atom is 0.115 e. The highest BCUT2D eigenvalue weighted by Gasteiger charge is 2.39. The first-order valence-electron chi connectivity index (χ1n) is 6.91. The van der Waals surface area contributed by atoms with Gasteiger partial charge in [-0.15, -0.1) is 0 Å². The van der Waals surface area contributed by atoms with Crippen molar-refractivity contribution in [2.75, 3.05) is 13.2 Å². The number of hydrogen-bond donors (Lipinski definition) is 3. The normalized spacial score (nSPS) is 28.5. The van der Waals surface area contributed by atoms with E-state index >= 15 is 0 Å². The quantitative estimate of drug-likeness (QED) is 0.762. The van der Waals surface area contributed by atoms with Gasteiger partial charge in [-0.25, -0.2) is 0 Å². The van der Waals surface area contributed by atoms with Crippen LogP contribution in [0.15, 0.2) is 24.3 Å². The van der Waals surface area contributed by atoms with Gasteiger partial charge in [0.2, 0.25) is 0 Å². The third-order valence-corrected chi connectivity index (χ3v) is 4.02. The summed E-state index contributed by atoms with van der Waals surface area (Å²) in [6.45, 7) is 5.15. The molecule has 0 bridgehead atoms. The van der Waals surface area contributed by atoms with E-state index in [0.717, 1.165) is 12.0 Å². The van der Waals surface area contributed by atoms with E-state index in [1.807, 2.05) is 19.1 Å². The molecule has 1 aromatic carbocycles. The zero-order valence-electron chi connectivity index (χ0n) is 11.6. The molecule has 4 nitrogen and oxygen atoms in total. The second-order valence-electron chi connectivity index (χ2n) is 5.30. The molecule has 1 aliphatic heterocycles. The van der Waals surface area contributed by atoms with Crippen LogP contribution >= 0.6 is 0 Å². The highest BCUT2D eigenvalue weighted by molar-refractivity contribution is 5.28. The molecular formula is C15H23NO3. The summed E-state index contributed by atoms with van der Waals surface area (Å²) >= 11 is 0. The Hall–Kier alpha value is -1.10. The maximum absolute atomic E-state index is 10.5. The van der Waals surface area contributed by atoms with Crippen LogP contribution in [0.25, 0.3) is 0 Å². The summed E-state index contributed by atoms with van der Waals surface area (Å²) < 4.78 is 5.43. The zero-order valence-corrected chi connectivity index (χ0v) is 11.6. The Balaban J connectivity index is 1.98. The molecule has 3 N–H and O–H groups in total. The molecule has 0 saturated carbocycles. The van der Waals surface area contributed by atoms with Crippen molar-refractivity contribution in [2.45, 2.75) is 44.4 Å². The highest BCUT2D eigenvalue weighted by Crippen LogP contribution is 2.26. The van der Waals surface area contributed by atoms with Crippen LogP contribution in [0.1, 0.15) is 38.3 Å². The monoisotopic (exact) mass is 265 g/mol. The Morgan fingerprint density at radius 2 is 2.11 bits per heavy atom. The lowest BCUT2D eigenvalue weighted by Gasteiger charge is -2.29. The second kappa shape index (κ2) is 5.90. The Kier molecular flexibility index (Phi) is 4.45. The van der Waals surface area contributed by atoms with E-state index in [1.54, 1.807) is 12.1 Å². The van der Waals surface area contributed by atoms with Crippen LogP contribution in [0, 0.1) is 0 Å². The summed E-state index contributed by atoms with van der Waals surface area (Å²) in [6.07, 6.45) is 1.47. The van der Waals surface area contributed by atoms with E-state index in [2.05, 4.69) is 12.2 Å². The fourth-order valence-electron chi connectivity index (χ4n) is 2.51. The molecule has 1 saturated heterocycles. The molecule has 0 aliphatic carbocycles. The van der Waals surface area contributed by atoms with Crippen molar-refractivity contribution in [1.82, 2.24) is 5.32 Å². The van der Waals surface area contributed by atoms with Gasteiger partial charge in [-0.1, -0.05) is 19.1 Å². The highest BCUT2D eigenvalue weighted by atomic mass is 16.5. The van der Waals surface area contributed by atoms with Crippen molar-refractivity contribution < 1.29 is 14.9 Å². The van der Waals surface area contributed by atoms with Gasteiger partial charge in [-0.05, 0) is 31.0 Å². The van der Waals surface area contributed by atoms with Crippen molar-refractivity contribution >= 4 is 0 Å². The minimum Gasteiger partial charge on any atom is -0.508 e. The van der Waals surface area contributed by atoms with Crippen LogP contribution in [-0.4, -0.2) is 35.1 Å². The number of phenolic OH excluding ortho intramolecular Hbond substituents is 1. The fraction of sp³-hybridized carbons (Fsp3) is 0.600. The molecule has 3 atom stereocenters. The zero-order chi connectivity index (χ0) is 13.9. The van der Waals surface area contributed by atoms with Crippen molar-refractivity contribution in [3.05, 3.63) is 29.8 Å². The molecule has 2 rings (SSSR count). The van der Waals surface area contributed by atoms with Gasteiger partial charge in [0.1, 0.15) is 11.4 Å². The summed E-state index contributed by atoms with van der Waals surface area (Å²) in [7, 11) is 0. The minimum absolute atomic E-state index is 0.127. The van der Waals surface area contributed by atoms with Crippen LogP contribution < -0.4 is 5.32 Å². The Bertz CT molecular complexity index is 406. The van der Waals surface area contributed by atoms with E-state index in [9.17, 15) is 10.2 Å². The molecule has 1 fully saturated rings. The van der Waals surface area contributed by atoms with Crippen LogP contribution in [0.3, 0.4) is 0 Å². The first kappa shape index (κ1) is 14.3. The molecule has 0 spiro atoms. The van der Waals surface area contributed by atoms with Gasteiger partial charge in [0.25, 0.3) is 0 Å².